The maximum absolute atomic E-state index is 13.5. The molecule has 4 heterocycles. The van der Waals surface area contributed by atoms with Crippen LogP contribution in [0.2, 0.25) is 0 Å². The number of aryl methyl sites for hydroxylation is 2. The molecule has 178 valence electrons. The number of ether oxygens (including phenoxy) is 1. The van der Waals surface area contributed by atoms with E-state index >= 15 is 0 Å². The van der Waals surface area contributed by atoms with Crippen LogP contribution in [0.5, 0.6) is 0 Å². The predicted octanol–water partition coefficient (Wildman–Crippen LogP) is 4.05. The molecule has 10 heteroatoms. The summed E-state index contributed by atoms with van der Waals surface area (Å²) in [4.78, 5) is 30.4. The highest BCUT2D eigenvalue weighted by atomic mass is 19.4. The van der Waals surface area contributed by atoms with Crippen molar-refractivity contribution in [2.75, 3.05) is 6.61 Å². The predicted molar refractivity (Wildman–Crippen MR) is 116 cm³/mol. The quantitative estimate of drug-likeness (QED) is 0.573. The molecule has 0 spiro atoms. The third kappa shape index (κ3) is 3.10. The van der Waals surface area contributed by atoms with Gasteiger partial charge < -0.3 is 9.30 Å². The molecule has 2 bridgehead atoms. The maximum atomic E-state index is 13.5. The van der Waals surface area contributed by atoms with Gasteiger partial charge in [0, 0.05) is 43.4 Å². The third-order valence-corrected chi connectivity index (χ3v) is 7.81. The van der Waals surface area contributed by atoms with Crippen LogP contribution in [0.1, 0.15) is 66.9 Å². The zero-order chi connectivity index (χ0) is 23.9. The lowest BCUT2D eigenvalue weighted by molar-refractivity contribution is -0.337. The van der Waals surface area contributed by atoms with E-state index in [4.69, 9.17) is 14.7 Å². The molecule has 0 N–H and O–H groups in total. The minimum atomic E-state index is -4.19. The van der Waals surface area contributed by atoms with Crippen molar-refractivity contribution < 1.29 is 17.9 Å². The van der Waals surface area contributed by atoms with Gasteiger partial charge in [-0.25, -0.2) is 19.9 Å². The van der Waals surface area contributed by atoms with Crippen LogP contribution in [0.25, 0.3) is 11.2 Å². The van der Waals surface area contributed by atoms with Crippen molar-refractivity contribution in [3.8, 4) is 0 Å². The van der Waals surface area contributed by atoms with Crippen molar-refractivity contribution in [3.05, 3.63) is 57.7 Å². The second-order valence-corrected chi connectivity index (χ2v) is 10.2. The molecule has 3 saturated carbocycles. The number of alkyl halides is 3. The van der Waals surface area contributed by atoms with E-state index in [0.717, 1.165) is 5.56 Å². The molecular formula is C24H24F3N5O2. The fourth-order valence-corrected chi connectivity index (χ4v) is 5.97. The Labute approximate surface area is 193 Å². The normalized spacial score (nSPS) is 30.6. The van der Waals surface area contributed by atoms with Crippen molar-refractivity contribution in [1.29, 1.82) is 0 Å². The lowest BCUT2D eigenvalue weighted by atomic mass is 9.34. The highest BCUT2D eigenvalue weighted by Gasteiger charge is 2.79. The molecule has 7 rings (SSSR count). The smallest absolute Gasteiger partial charge is 0.373 e. The Morgan fingerprint density at radius 2 is 1.91 bits per heavy atom. The minimum absolute atomic E-state index is 0.0367. The molecule has 2 atom stereocenters. The van der Waals surface area contributed by atoms with Gasteiger partial charge >= 0.3 is 6.18 Å². The van der Waals surface area contributed by atoms with E-state index in [-0.39, 0.29) is 36.8 Å². The first-order chi connectivity index (χ1) is 16.1. The highest BCUT2D eigenvalue weighted by molar-refractivity contribution is 5.75. The van der Waals surface area contributed by atoms with Gasteiger partial charge in [0.25, 0.3) is 0 Å². The van der Waals surface area contributed by atoms with Crippen LogP contribution >= 0.6 is 0 Å². The number of fused-ring (bicyclic) bond motifs is 1. The fraction of sp³-hybridized carbons (Fsp3) is 0.542. The number of nitrogens with zero attached hydrogens (tertiary/aromatic N) is 5. The van der Waals surface area contributed by atoms with E-state index in [2.05, 4.69) is 9.97 Å². The summed E-state index contributed by atoms with van der Waals surface area (Å²) < 4.78 is 48.0. The van der Waals surface area contributed by atoms with Gasteiger partial charge in [-0.2, -0.15) is 13.2 Å². The van der Waals surface area contributed by atoms with E-state index in [0.29, 0.717) is 47.8 Å². The molecule has 0 radical (unpaired) electrons. The Kier molecular flexibility index (Phi) is 4.50. The van der Waals surface area contributed by atoms with Gasteiger partial charge in [0.15, 0.2) is 5.65 Å². The average Bonchev–Trinajstić information content (AvgIpc) is 2.72. The molecule has 34 heavy (non-hydrogen) atoms. The highest BCUT2D eigenvalue weighted by Crippen LogP contribution is 2.78. The van der Waals surface area contributed by atoms with Crippen LogP contribution in [0.3, 0.4) is 0 Å². The molecule has 0 amide bonds. The lowest BCUT2D eigenvalue weighted by Gasteiger charge is -2.70. The van der Waals surface area contributed by atoms with Crippen molar-refractivity contribution in [3.63, 3.8) is 0 Å². The monoisotopic (exact) mass is 471 g/mol. The van der Waals surface area contributed by atoms with Gasteiger partial charge in [-0.05, 0) is 50.7 Å². The number of aromatic nitrogens is 5. The van der Waals surface area contributed by atoms with Crippen LogP contribution in [0, 0.1) is 12.3 Å². The topological polar surface area (TPSA) is 82.8 Å². The summed E-state index contributed by atoms with van der Waals surface area (Å²) in [6.07, 6.45) is 0.455. The lowest BCUT2D eigenvalue weighted by Crippen LogP contribution is -2.70. The second-order valence-electron chi connectivity index (χ2n) is 10.2. The van der Waals surface area contributed by atoms with Gasteiger partial charge in [-0.1, -0.05) is 0 Å². The molecule has 3 aromatic rings. The summed E-state index contributed by atoms with van der Waals surface area (Å²) >= 11 is 0. The zero-order valence-electron chi connectivity index (χ0n) is 18.9. The first-order valence-electron chi connectivity index (χ1n) is 11.5. The van der Waals surface area contributed by atoms with E-state index in [1.54, 1.807) is 25.5 Å². The van der Waals surface area contributed by atoms with Crippen molar-refractivity contribution in [2.45, 2.75) is 62.6 Å². The molecule has 7 nitrogen and oxygen atoms in total. The van der Waals surface area contributed by atoms with E-state index < -0.39 is 17.0 Å². The molecule has 3 aromatic heterocycles. The van der Waals surface area contributed by atoms with Crippen LogP contribution < -0.4 is 5.56 Å². The summed E-state index contributed by atoms with van der Waals surface area (Å²) in [6.45, 7) is 2.31. The summed E-state index contributed by atoms with van der Waals surface area (Å²) in [5.74, 6) is 0.552. The van der Waals surface area contributed by atoms with Gasteiger partial charge in [-0.15, -0.1) is 0 Å². The van der Waals surface area contributed by atoms with Gasteiger partial charge in [0.1, 0.15) is 11.3 Å². The second kappa shape index (κ2) is 7.07. The van der Waals surface area contributed by atoms with Crippen molar-refractivity contribution >= 4 is 11.2 Å². The minimum Gasteiger partial charge on any atom is -0.373 e. The van der Waals surface area contributed by atoms with Crippen LogP contribution in [0.4, 0.5) is 13.2 Å². The molecule has 0 unspecified atom stereocenters. The molecular weight excluding hydrogens is 447 g/mol. The van der Waals surface area contributed by atoms with Gasteiger partial charge in [-0.3, -0.25) is 4.79 Å². The number of rotatable bonds is 3. The molecule has 3 aliphatic carbocycles. The fourth-order valence-electron chi connectivity index (χ4n) is 5.97. The third-order valence-electron chi connectivity index (χ3n) is 7.81. The summed E-state index contributed by atoms with van der Waals surface area (Å²) in [5, 5.41) is 0. The summed E-state index contributed by atoms with van der Waals surface area (Å²) in [5.41, 5.74) is 0.881. The van der Waals surface area contributed by atoms with Crippen LogP contribution in [0.15, 0.2) is 29.3 Å². The number of pyridine rings is 1. The summed E-state index contributed by atoms with van der Waals surface area (Å²) in [6, 6.07) is 3.29. The first-order valence-corrected chi connectivity index (χ1v) is 11.5. The number of hydrogen-bond donors (Lipinski definition) is 0. The number of halogens is 3. The van der Waals surface area contributed by atoms with E-state index in [9.17, 15) is 18.0 Å². The maximum Gasteiger partial charge on any atom is 0.394 e. The first kappa shape index (κ1) is 21.6. The van der Waals surface area contributed by atoms with Gasteiger partial charge in [0.2, 0.25) is 5.56 Å². The standard InChI is InChI=1S/C24H24F3N5O2/c1-13-8-28-18-19(22-10-23(11-22,12-22)24(25,26)27)30-20(31-21(18)29-13)14-5-6-34-16(7-14)15-3-4-17(33)32(2)9-15/h3-4,8-9,14,16H,5-7,10-12H2,1-2H3/t14-,16-,22?,23?/m1/s1. The zero-order valence-corrected chi connectivity index (χ0v) is 18.9. The molecule has 0 aromatic carbocycles. The summed E-state index contributed by atoms with van der Waals surface area (Å²) in [7, 11) is 1.70. The Bertz CT molecular complexity index is 1350. The molecule has 4 fully saturated rings. The SMILES string of the molecule is Cc1cnc2c(C34CC(C(F)(F)F)(C3)C4)nc([C@@H]3CCO[C@@H](c4ccc(=O)n(C)c4)C3)nc2n1. The van der Waals surface area contributed by atoms with Crippen LogP contribution in [-0.2, 0) is 17.2 Å². The average molecular weight is 471 g/mol. The van der Waals surface area contributed by atoms with E-state index in [1.807, 2.05) is 6.92 Å². The Balaban J connectivity index is 1.36. The molecule has 4 aliphatic rings. The van der Waals surface area contributed by atoms with Crippen LogP contribution in [-0.4, -0.2) is 37.3 Å². The van der Waals surface area contributed by atoms with Crippen molar-refractivity contribution in [2.24, 2.45) is 12.5 Å². The molecule has 1 saturated heterocycles. The molecule has 1 aliphatic heterocycles. The van der Waals surface area contributed by atoms with E-state index in [1.165, 1.54) is 10.6 Å². The Morgan fingerprint density at radius 1 is 1.15 bits per heavy atom. The number of hydrogen-bond acceptors (Lipinski definition) is 6. The Hall–Kier alpha value is -2.88. The largest absolute Gasteiger partial charge is 0.394 e. The Morgan fingerprint density at radius 3 is 2.62 bits per heavy atom. The van der Waals surface area contributed by atoms with Gasteiger partial charge in [0.05, 0.1) is 22.9 Å². The van der Waals surface area contributed by atoms with Crippen molar-refractivity contribution in [1.82, 2.24) is 24.5 Å².